The molecule has 2 heterocycles. The summed E-state index contributed by atoms with van der Waals surface area (Å²) in [5.41, 5.74) is 1.31. The van der Waals surface area contributed by atoms with Gasteiger partial charge in [0.15, 0.2) is 0 Å². The van der Waals surface area contributed by atoms with Crippen LogP contribution in [0.5, 0.6) is 5.75 Å². The molecule has 0 radical (unpaired) electrons. The number of Topliss-reactive ketones (excluding diaryl/α,β-unsaturated/α-hetero) is 1. The second-order valence-corrected chi connectivity index (χ2v) is 7.62. The van der Waals surface area contributed by atoms with Gasteiger partial charge in [0.05, 0.1) is 17.7 Å². The van der Waals surface area contributed by atoms with Crippen molar-refractivity contribution < 1.29 is 24.2 Å². The van der Waals surface area contributed by atoms with Gasteiger partial charge in [0.2, 0.25) is 0 Å². The second kappa shape index (κ2) is 9.18. The van der Waals surface area contributed by atoms with Crippen molar-refractivity contribution in [3.8, 4) is 5.75 Å². The van der Waals surface area contributed by atoms with Crippen LogP contribution >= 0.6 is 0 Å². The Kier molecular flexibility index (Phi) is 6.18. The average Bonchev–Trinajstić information content (AvgIpc) is 3.40. The Hall–Kier alpha value is -3.38. The summed E-state index contributed by atoms with van der Waals surface area (Å²) in [6, 6.07) is 15.4. The van der Waals surface area contributed by atoms with Gasteiger partial charge < -0.3 is 19.5 Å². The Morgan fingerprint density at radius 2 is 1.90 bits per heavy atom. The Bertz CT molecular complexity index is 990. The van der Waals surface area contributed by atoms with Crippen LogP contribution in [0.4, 0.5) is 0 Å². The quantitative estimate of drug-likeness (QED) is 0.319. The van der Waals surface area contributed by atoms with Crippen LogP contribution < -0.4 is 4.74 Å². The number of nitrogens with zero attached hydrogens (tertiary/aromatic N) is 1. The van der Waals surface area contributed by atoms with Crippen molar-refractivity contribution >= 4 is 17.4 Å². The number of likely N-dealkylation sites (tertiary alicyclic amines) is 1. The summed E-state index contributed by atoms with van der Waals surface area (Å²) in [5, 5.41) is 11.1. The first-order valence-corrected chi connectivity index (χ1v) is 10.4. The van der Waals surface area contributed by atoms with E-state index >= 15 is 0 Å². The highest BCUT2D eigenvalue weighted by Gasteiger charge is 2.46. The van der Waals surface area contributed by atoms with Crippen molar-refractivity contribution in [1.82, 2.24) is 4.90 Å². The largest absolute Gasteiger partial charge is 0.507 e. The van der Waals surface area contributed by atoms with Crippen molar-refractivity contribution in [2.45, 2.75) is 25.0 Å². The van der Waals surface area contributed by atoms with E-state index in [4.69, 9.17) is 9.47 Å². The van der Waals surface area contributed by atoms with Gasteiger partial charge >= 0.3 is 0 Å². The van der Waals surface area contributed by atoms with E-state index < -0.39 is 17.7 Å². The van der Waals surface area contributed by atoms with Crippen LogP contribution in [0.2, 0.25) is 0 Å². The molecule has 2 aromatic rings. The summed E-state index contributed by atoms with van der Waals surface area (Å²) in [5.74, 6) is -0.875. The maximum atomic E-state index is 13.0. The topological polar surface area (TPSA) is 76.1 Å². The second-order valence-electron chi connectivity index (χ2n) is 7.62. The average molecular weight is 419 g/mol. The predicted molar refractivity (Wildman–Crippen MR) is 117 cm³/mol. The summed E-state index contributed by atoms with van der Waals surface area (Å²) in [6.07, 6.45) is 3.32. The minimum atomic E-state index is -0.684. The zero-order valence-corrected chi connectivity index (χ0v) is 17.2. The van der Waals surface area contributed by atoms with Crippen molar-refractivity contribution in [2.75, 3.05) is 19.8 Å². The highest BCUT2D eigenvalue weighted by atomic mass is 16.5. The molecule has 2 fully saturated rings. The predicted octanol–water partition coefficient (Wildman–Crippen LogP) is 3.85. The van der Waals surface area contributed by atoms with Crippen LogP contribution in [-0.4, -0.2) is 47.6 Å². The highest BCUT2D eigenvalue weighted by molar-refractivity contribution is 6.46. The van der Waals surface area contributed by atoms with Crippen molar-refractivity contribution in [3.05, 3.63) is 84.0 Å². The lowest BCUT2D eigenvalue weighted by molar-refractivity contribution is -0.140. The third kappa shape index (κ3) is 4.25. The first-order valence-electron chi connectivity index (χ1n) is 10.4. The summed E-state index contributed by atoms with van der Waals surface area (Å²) in [7, 11) is 0. The molecule has 2 aliphatic rings. The molecule has 2 saturated heterocycles. The number of amides is 1. The third-order valence-electron chi connectivity index (χ3n) is 5.58. The van der Waals surface area contributed by atoms with Gasteiger partial charge in [0.1, 0.15) is 18.1 Å². The molecule has 4 rings (SSSR count). The number of rotatable bonds is 7. The van der Waals surface area contributed by atoms with Gasteiger partial charge in [-0.2, -0.15) is 0 Å². The number of aliphatic hydroxyl groups excluding tert-OH is 1. The zero-order valence-electron chi connectivity index (χ0n) is 17.2. The van der Waals surface area contributed by atoms with E-state index in [1.54, 1.807) is 30.3 Å². The summed E-state index contributed by atoms with van der Waals surface area (Å²) < 4.78 is 11.2. The number of carbonyl (C=O) groups excluding carboxylic acids is 2. The van der Waals surface area contributed by atoms with Crippen LogP contribution in [0.15, 0.2) is 72.8 Å². The Morgan fingerprint density at radius 3 is 2.55 bits per heavy atom. The Labute approximate surface area is 181 Å². The molecule has 0 bridgehead atoms. The van der Waals surface area contributed by atoms with E-state index in [-0.39, 0.29) is 17.4 Å². The molecule has 6 nitrogen and oxygen atoms in total. The molecule has 2 atom stereocenters. The minimum Gasteiger partial charge on any atom is -0.507 e. The maximum absolute atomic E-state index is 13.0. The van der Waals surface area contributed by atoms with Gasteiger partial charge in [-0.1, -0.05) is 43.0 Å². The van der Waals surface area contributed by atoms with Gasteiger partial charge in [-0.15, -0.1) is 0 Å². The molecule has 31 heavy (non-hydrogen) atoms. The van der Waals surface area contributed by atoms with Gasteiger partial charge in [0, 0.05) is 18.7 Å². The molecule has 160 valence electrons. The summed E-state index contributed by atoms with van der Waals surface area (Å²) >= 11 is 0. The maximum Gasteiger partial charge on any atom is 0.295 e. The van der Waals surface area contributed by atoms with Gasteiger partial charge in [0.25, 0.3) is 11.7 Å². The molecule has 0 aliphatic carbocycles. The standard InChI is InChI=1S/C25H25NO5/c1-2-14-30-19-12-10-18(11-13-19)23(27)21-22(17-7-4-3-5-8-17)26(25(29)24(21)28)16-20-9-6-15-31-20/h2-5,7-8,10-13,20,22,27H,1,6,9,14-16H2. The third-order valence-corrected chi connectivity index (χ3v) is 5.58. The van der Waals surface area contributed by atoms with Crippen LogP contribution in [0, 0.1) is 0 Å². The van der Waals surface area contributed by atoms with Crippen molar-refractivity contribution in [3.63, 3.8) is 0 Å². The van der Waals surface area contributed by atoms with Crippen LogP contribution in [0.3, 0.4) is 0 Å². The van der Waals surface area contributed by atoms with Crippen LogP contribution in [0.25, 0.3) is 5.76 Å². The molecular weight excluding hydrogens is 394 g/mol. The fourth-order valence-electron chi connectivity index (χ4n) is 4.08. The number of hydrogen-bond acceptors (Lipinski definition) is 5. The van der Waals surface area contributed by atoms with E-state index in [0.29, 0.717) is 31.1 Å². The smallest absolute Gasteiger partial charge is 0.295 e. The minimum absolute atomic E-state index is 0.0916. The van der Waals surface area contributed by atoms with Crippen LogP contribution in [0.1, 0.15) is 30.0 Å². The van der Waals surface area contributed by atoms with E-state index in [9.17, 15) is 14.7 Å². The molecule has 0 aromatic heterocycles. The first-order chi connectivity index (χ1) is 15.1. The molecular formula is C25H25NO5. The summed E-state index contributed by atoms with van der Waals surface area (Å²) in [6.45, 7) is 4.96. The fraction of sp³-hybridized carbons (Fsp3) is 0.280. The van der Waals surface area contributed by atoms with Gasteiger partial charge in [-0.25, -0.2) is 0 Å². The molecule has 1 N–H and O–H groups in total. The molecule has 2 unspecified atom stereocenters. The zero-order chi connectivity index (χ0) is 21.8. The SMILES string of the molecule is C=CCOc1ccc(C(O)=C2C(=O)C(=O)N(CC3CCCO3)C2c2ccccc2)cc1. The summed E-state index contributed by atoms with van der Waals surface area (Å²) in [4.78, 5) is 27.5. The molecule has 2 aliphatic heterocycles. The monoisotopic (exact) mass is 419 g/mol. The van der Waals surface area contributed by atoms with E-state index in [0.717, 1.165) is 18.4 Å². The number of ether oxygens (including phenoxy) is 2. The van der Waals surface area contributed by atoms with Crippen molar-refractivity contribution in [1.29, 1.82) is 0 Å². The number of carbonyl (C=O) groups is 2. The van der Waals surface area contributed by atoms with E-state index in [1.807, 2.05) is 30.3 Å². The van der Waals surface area contributed by atoms with Crippen molar-refractivity contribution in [2.24, 2.45) is 0 Å². The Morgan fingerprint density at radius 1 is 1.16 bits per heavy atom. The Balaban J connectivity index is 1.73. The number of hydrogen-bond donors (Lipinski definition) is 1. The van der Waals surface area contributed by atoms with Gasteiger partial charge in [-0.05, 0) is 42.7 Å². The molecule has 2 aromatic carbocycles. The number of aliphatic hydroxyl groups is 1. The lowest BCUT2D eigenvalue weighted by Gasteiger charge is -2.27. The fourth-order valence-corrected chi connectivity index (χ4v) is 4.08. The first kappa shape index (κ1) is 20.9. The molecule has 0 saturated carbocycles. The molecule has 0 spiro atoms. The number of ketones is 1. The van der Waals surface area contributed by atoms with Gasteiger partial charge in [-0.3, -0.25) is 9.59 Å². The normalized spacial score (nSPS) is 22.6. The lowest BCUT2D eigenvalue weighted by Crippen LogP contribution is -2.36. The molecule has 6 heteroatoms. The van der Waals surface area contributed by atoms with E-state index in [2.05, 4.69) is 6.58 Å². The van der Waals surface area contributed by atoms with Crippen LogP contribution in [-0.2, 0) is 14.3 Å². The highest BCUT2D eigenvalue weighted by Crippen LogP contribution is 2.40. The molecule has 1 amide bonds. The number of benzene rings is 2. The lowest BCUT2D eigenvalue weighted by atomic mass is 9.95. The van der Waals surface area contributed by atoms with E-state index in [1.165, 1.54) is 4.90 Å².